The molecule has 2 unspecified atom stereocenters. The van der Waals surface area contributed by atoms with E-state index >= 15 is 0 Å². The highest BCUT2D eigenvalue weighted by molar-refractivity contribution is 7.47. The highest BCUT2D eigenvalue weighted by Crippen LogP contribution is 2.45. The molecule has 0 aromatic heterocycles. The normalized spacial score (nSPS) is 13.9. The SMILES string of the molecule is CCCCCCCCCCCCCCCCCCCCCCC(=O)O[C@H](COC(=O)CCCCCCCCCCCCCC(C)C)COP(=O)(O)OC[C@@H](O)COP(=O)(O)OC[C@@H](COC(=O)CCCCCCCCCCC)OC(=O)CCCCCCCCCCCCCCC. The monoisotopic (exact) mass is 1410 g/mol. The van der Waals surface area contributed by atoms with E-state index < -0.39 is 97.5 Å². The van der Waals surface area contributed by atoms with Crippen molar-refractivity contribution in [3.63, 3.8) is 0 Å². The third-order valence-electron chi connectivity index (χ3n) is 18.0. The van der Waals surface area contributed by atoms with E-state index in [2.05, 4.69) is 34.6 Å². The summed E-state index contributed by atoms with van der Waals surface area (Å²) in [5.41, 5.74) is 0. The van der Waals surface area contributed by atoms with Gasteiger partial charge in [0.05, 0.1) is 26.4 Å². The zero-order chi connectivity index (χ0) is 70.5. The summed E-state index contributed by atoms with van der Waals surface area (Å²) in [4.78, 5) is 72.8. The number of hydrogen-bond acceptors (Lipinski definition) is 15. The van der Waals surface area contributed by atoms with Gasteiger partial charge in [0.25, 0.3) is 0 Å². The van der Waals surface area contributed by atoms with Crippen molar-refractivity contribution in [3.05, 3.63) is 0 Å². The van der Waals surface area contributed by atoms with Crippen LogP contribution in [-0.4, -0.2) is 96.7 Å². The molecule has 0 aliphatic carbocycles. The number of phosphoric ester groups is 2. The average Bonchev–Trinajstić information content (AvgIpc) is 1.43. The molecule has 0 aliphatic rings. The third kappa shape index (κ3) is 70.5. The fraction of sp³-hybridized carbons (Fsp3) is 0.948. The molecule has 0 aromatic rings. The van der Waals surface area contributed by atoms with E-state index in [4.69, 9.17) is 37.0 Å². The fourth-order valence-electron chi connectivity index (χ4n) is 11.9. The van der Waals surface area contributed by atoms with Crippen LogP contribution in [0.25, 0.3) is 0 Å². The number of rotatable bonds is 77. The summed E-state index contributed by atoms with van der Waals surface area (Å²) in [6.07, 6.45) is 59.6. The van der Waals surface area contributed by atoms with Crippen LogP contribution >= 0.6 is 15.6 Å². The highest BCUT2D eigenvalue weighted by Gasteiger charge is 2.30. The molecule has 0 bridgehead atoms. The number of hydrogen-bond donors (Lipinski definition) is 3. The Bertz CT molecular complexity index is 1840. The molecule has 0 aliphatic heterocycles. The number of carbonyl (C=O) groups excluding carboxylic acids is 4. The maximum atomic E-state index is 13.1. The Labute approximate surface area is 588 Å². The lowest BCUT2D eigenvalue weighted by Crippen LogP contribution is -2.30. The molecular weight excluding hydrogens is 1260 g/mol. The number of ether oxygens (including phenoxy) is 4. The molecular formula is C77H150O17P2. The molecule has 0 spiro atoms. The summed E-state index contributed by atoms with van der Waals surface area (Å²) in [5.74, 6) is -1.34. The van der Waals surface area contributed by atoms with Crippen LogP contribution in [0.3, 0.4) is 0 Å². The van der Waals surface area contributed by atoms with Gasteiger partial charge in [-0.15, -0.1) is 0 Å². The number of phosphoric acid groups is 2. The summed E-state index contributed by atoms with van der Waals surface area (Å²) in [5, 5.41) is 10.6. The van der Waals surface area contributed by atoms with Crippen LogP contribution in [0.5, 0.6) is 0 Å². The van der Waals surface area contributed by atoms with Crippen molar-refractivity contribution in [2.45, 2.75) is 425 Å². The first-order valence-corrected chi connectivity index (χ1v) is 43.1. The van der Waals surface area contributed by atoms with Crippen molar-refractivity contribution < 1.29 is 80.2 Å². The van der Waals surface area contributed by atoms with E-state index in [1.54, 1.807) is 0 Å². The van der Waals surface area contributed by atoms with Gasteiger partial charge in [0.15, 0.2) is 12.2 Å². The summed E-state index contributed by atoms with van der Waals surface area (Å²) in [6.45, 7) is 7.29. The first-order chi connectivity index (χ1) is 46.5. The van der Waals surface area contributed by atoms with Gasteiger partial charge in [-0.05, 0) is 31.6 Å². The number of esters is 4. The van der Waals surface area contributed by atoms with Gasteiger partial charge in [-0.25, -0.2) is 9.13 Å². The second kappa shape index (κ2) is 70.1. The lowest BCUT2D eigenvalue weighted by molar-refractivity contribution is -0.161. The van der Waals surface area contributed by atoms with E-state index in [-0.39, 0.29) is 25.7 Å². The molecule has 3 N–H and O–H groups in total. The van der Waals surface area contributed by atoms with Gasteiger partial charge in [0.2, 0.25) is 0 Å². The lowest BCUT2D eigenvalue weighted by atomic mass is 10.0. The number of aliphatic hydroxyl groups is 1. The number of carbonyl (C=O) groups is 4. The molecule has 570 valence electrons. The molecule has 96 heavy (non-hydrogen) atoms. The average molecular weight is 1410 g/mol. The third-order valence-corrected chi connectivity index (χ3v) is 19.9. The van der Waals surface area contributed by atoms with E-state index in [0.717, 1.165) is 95.8 Å². The van der Waals surface area contributed by atoms with Crippen LogP contribution in [0.4, 0.5) is 0 Å². The molecule has 0 heterocycles. The fourth-order valence-corrected chi connectivity index (χ4v) is 13.5. The van der Waals surface area contributed by atoms with E-state index in [0.29, 0.717) is 25.7 Å². The largest absolute Gasteiger partial charge is 0.472 e. The second-order valence-corrected chi connectivity index (χ2v) is 31.1. The van der Waals surface area contributed by atoms with E-state index in [9.17, 15) is 43.2 Å². The minimum absolute atomic E-state index is 0.108. The van der Waals surface area contributed by atoms with Crippen LogP contribution in [0, 0.1) is 5.92 Å². The molecule has 0 saturated carbocycles. The Kier molecular flexibility index (Phi) is 68.7. The molecule has 0 aromatic carbocycles. The summed E-state index contributed by atoms with van der Waals surface area (Å²) in [6, 6.07) is 0. The zero-order valence-electron chi connectivity index (χ0n) is 62.5. The Morgan fingerprint density at radius 3 is 0.708 bits per heavy atom. The minimum Gasteiger partial charge on any atom is -0.462 e. The minimum atomic E-state index is -4.96. The number of unbranched alkanes of at least 4 members (excludes halogenated alkanes) is 49. The van der Waals surface area contributed by atoms with Gasteiger partial charge in [-0.1, -0.05) is 356 Å². The predicted molar refractivity (Wildman–Crippen MR) is 391 cm³/mol. The van der Waals surface area contributed by atoms with Gasteiger partial charge in [0, 0.05) is 25.7 Å². The van der Waals surface area contributed by atoms with Crippen molar-refractivity contribution in [3.8, 4) is 0 Å². The summed E-state index contributed by atoms with van der Waals surface area (Å²) >= 11 is 0. The van der Waals surface area contributed by atoms with Gasteiger partial charge in [-0.3, -0.25) is 37.3 Å². The van der Waals surface area contributed by atoms with Crippen LogP contribution in [0.15, 0.2) is 0 Å². The maximum Gasteiger partial charge on any atom is 0.472 e. The molecule has 0 rings (SSSR count). The Hall–Kier alpha value is -1.94. The van der Waals surface area contributed by atoms with Gasteiger partial charge in [-0.2, -0.15) is 0 Å². The maximum absolute atomic E-state index is 13.1. The smallest absolute Gasteiger partial charge is 0.462 e. The highest BCUT2D eigenvalue weighted by atomic mass is 31.2. The van der Waals surface area contributed by atoms with Gasteiger partial charge in [0.1, 0.15) is 19.3 Å². The van der Waals surface area contributed by atoms with Crippen molar-refractivity contribution in [2.75, 3.05) is 39.6 Å². The topological polar surface area (TPSA) is 237 Å². The Morgan fingerprint density at radius 1 is 0.281 bits per heavy atom. The van der Waals surface area contributed by atoms with Crippen molar-refractivity contribution in [1.29, 1.82) is 0 Å². The zero-order valence-corrected chi connectivity index (χ0v) is 64.3. The van der Waals surface area contributed by atoms with Crippen molar-refractivity contribution >= 4 is 39.5 Å². The molecule has 5 atom stereocenters. The van der Waals surface area contributed by atoms with Crippen LogP contribution < -0.4 is 0 Å². The quantitative estimate of drug-likeness (QED) is 0.0222. The first-order valence-electron chi connectivity index (χ1n) is 40.1. The molecule has 0 fully saturated rings. The number of aliphatic hydroxyl groups excluding tert-OH is 1. The molecule has 0 radical (unpaired) electrons. The van der Waals surface area contributed by atoms with Gasteiger partial charge >= 0.3 is 39.5 Å². The predicted octanol–water partition coefficient (Wildman–Crippen LogP) is 22.9. The molecule has 0 amide bonds. The van der Waals surface area contributed by atoms with E-state index in [1.165, 1.54) is 231 Å². The first kappa shape index (κ1) is 94.1. The Morgan fingerprint density at radius 2 is 0.479 bits per heavy atom. The molecule has 0 saturated heterocycles. The van der Waals surface area contributed by atoms with Crippen LogP contribution in [-0.2, 0) is 65.4 Å². The lowest BCUT2D eigenvalue weighted by Gasteiger charge is -2.21. The summed E-state index contributed by atoms with van der Waals surface area (Å²) < 4.78 is 68.5. The van der Waals surface area contributed by atoms with Gasteiger partial charge < -0.3 is 33.8 Å². The second-order valence-electron chi connectivity index (χ2n) is 28.2. The van der Waals surface area contributed by atoms with E-state index in [1.807, 2.05) is 0 Å². The standard InChI is InChI=1S/C77H150O17P2/c1-6-9-12-15-18-21-23-25-26-27-28-29-30-31-33-37-43-48-53-58-63-77(82)94-73(67-88-75(80)61-56-51-46-41-38-34-35-40-44-49-54-59-70(4)5)69-92-96(85,86)90-65-71(78)64-89-95(83,84)91-68-72(66-87-74(79)60-55-50-45-39-20-17-14-11-8-3)93-76(81)62-57-52-47-42-36-32-24-22-19-16-13-10-7-2/h70-73,78H,6-69H2,1-5H3,(H,83,84)(H,85,86)/t71-,72+,73+/m0/s1. The van der Waals surface area contributed by atoms with Crippen molar-refractivity contribution in [1.82, 2.24) is 0 Å². The molecule has 19 heteroatoms. The van der Waals surface area contributed by atoms with Crippen molar-refractivity contribution in [2.24, 2.45) is 5.92 Å². The summed E-state index contributed by atoms with van der Waals surface area (Å²) in [7, 11) is -9.91. The Balaban J connectivity index is 5.21. The van der Waals surface area contributed by atoms with Crippen LogP contribution in [0.2, 0.25) is 0 Å². The molecule has 17 nitrogen and oxygen atoms in total. The van der Waals surface area contributed by atoms with Crippen LogP contribution in [0.1, 0.15) is 407 Å².